The van der Waals surface area contributed by atoms with E-state index < -0.39 is 0 Å². The highest BCUT2D eigenvalue weighted by Crippen LogP contribution is 2.10. The number of carbonyl (C=O) groups excluding carboxylic acids is 1. The fraction of sp³-hybridized carbons (Fsp3) is 0.455. The number of morpholine rings is 1. The monoisotopic (exact) mass is 300 g/mol. The van der Waals surface area contributed by atoms with Crippen molar-refractivity contribution in [2.24, 2.45) is 0 Å². The summed E-state index contributed by atoms with van der Waals surface area (Å²) in [6, 6.07) is 2.90. The summed E-state index contributed by atoms with van der Waals surface area (Å²) >= 11 is 3.34. The predicted molar refractivity (Wildman–Crippen MR) is 66.5 cm³/mol. The zero-order chi connectivity index (χ0) is 12.3. The first-order chi connectivity index (χ1) is 8.20. The van der Waals surface area contributed by atoms with Crippen molar-refractivity contribution in [1.29, 1.82) is 0 Å². The molecule has 92 valence electrons. The van der Waals surface area contributed by atoms with E-state index in [-0.39, 0.29) is 17.6 Å². The van der Waals surface area contributed by atoms with Gasteiger partial charge in [-0.25, -0.2) is 0 Å². The van der Waals surface area contributed by atoms with Crippen LogP contribution in [0.1, 0.15) is 10.4 Å². The summed E-state index contributed by atoms with van der Waals surface area (Å²) in [7, 11) is 0. The molecule has 1 atom stereocenters. The van der Waals surface area contributed by atoms with Crippen molar-refractivity contribution < 1.29 is 9.53 Å². The molecule has 1 aromatic heterocycles. The van der Waals surface area contributed by atoms with Crippen molar-refractivity contribution in [3.63, 3.8) is 0 Å². The van der Waals surface area contributed by atoms with Gasteiger partial charge in [0.25, 0.3) is 5.91 Å². The van der Waals surface area contributed by atoms with Gasteiger partial charge in [-0.2, -0.15) is 0 Å². The molecule has 0 bridgehead atoms. The topological polar surface area (TPSA) is 62.4 Å². The smallest absolute Gasteiger partial charge is 0.255 e. The van der Waals surface area contributed by atoms with Gasteiger partial charge in [0.05, 0.1) is 18.3 Å². The lowest BCUT2D eigenvalue weighted by atomic mass is 10.2. The number of ether oxygens (including phenoxy) is 1. The number of H-pyrrole nitrogens is 1. The van der Waals surface area contributed by atoms with E-state index in [2.05, 4.69) is 20.9 Å². The molecule has 6 heteroatoms. The van der Waals surface area contributed by atoms with Gasteiger partial charge in [-0.15, -0.1) is 0 Å². The van der Waals surface area contributed by atoms with Gasteiger partial charge in [0.1, 0.15) is 0 Å². The molecule has 1 aromatic rings. The van der Waals surface area contributed by atoms with Crippen molar-refractivity contribution >= 4 is 21.8 Å². The Hall–Kier alpha value is -1.14. The number of carbonyl (C=O) groups is 1. The fourth-order valence-electron chi connectivity index (χ4n) is 1.72. The maximum Gasteiger partial charge on any atom is 0.255 e. The Kier molecular flexibility index (Phi) is 3.96. The number of rotatable bonds is 2. The molecule has 17 heavy (non-hydrogen) atoms. The molecule has 0 saturated carbocycles. The Morgan fingerprint density at radius 2 is 2.41 bits per heavy atom. The van der Waals surface area contributed by atoms with E-state index in [1.54, 1.807) is 11.0 Å². The average Bonchev–Trinajstić information content (AvgIpc) is 2.39. The van der Waals surface area contributed by atoms with Crippen LogP contribution >= 0.6 is 15.9 Å². The highest BCUT2D eigenvalue weighted by molar-refractivity contribution is 9.09. The first-order valence-corrected chi connectivity index (χ1v) is 6.48. The second kappa shape index (κ2) is 5.46. The van der Waals surface area contributed by atoms with Gasteiger partial charge < -0.3 is 14.6 Å². The number of aromatic amines is 1. The zero-order valence-corrected chi connectivity index (χ0v) is 10.8. The minimum Gasteiger partial charge on any atom is -0.374 e. The number of hydrogen-bond acceptors (Lipinski definition) is 3. The van der Waals surface area contributed by atoms with E-state index >= 15 is 0 Å². The van der Waals surface area contributed by atoms with Gasteiger partial charge in [0, 0.05) is 30.7 Å². The lowest BCUT2D eigenvalue weighted by molar-refractivity contribution is -0.00966. The minimum absolute atomic E-state index is 0.0375. The van der Waals surface area contributed by atoms with Gasteiger partial charge in [-0.1, -0.05) is 15.9 Å². The van der Waals surface area contributed by atoms with E-state index in [9.17, 15) is 9.59 Å². The number of halogens is 1. The number of aromatic nitrogens is 1. The Morgan fingerprint density at radius 1 is 1.59 bits per heavy atom. The van der Waals surface area contributed by atoms with Crippen LogP contribution in [0.15, 0.2) is 23.1 Å². The Morgan fingerprint density at radius 3 is 3.06 bits per heavy atom. The zero-order valence-electron chi connectivity index (χ0n) is 9.19. The quantitative estimate of drug-likeness (QED) is 0.814. The lowest BCUT2D eigenvalue weighted by Crippen LogP contribution is -2.46. The molecule has 1 N–H and O–H groups in total. The SMILES string of the molecule is O=C(c1ccc(=O)[nH]c1)N1CCOC(CBr)C1. The second-order valence-electron chi connectivity index (χ2n) is 3.84. The summed E-state index contributed by atoms with van der Waals surface area (Å²) in [6.45, 7) is 1.70. The van der Waals surface area contributed by atoms with Gasteiger partial charge in [-0.3, -0.25) is 9.59 Å². The Bertz CT molecular complexity index is 440. The predicted octanol–water partition coefficient (Wildman–Crippen LogP) is 0.611. The van der Waals surface area contributed by atoms with Gasteiger partial charge in [0.2, 0.25) is 5.56 Å². The van der Waals surface area contributed by atoms with Crippen molar-refractivity contribution in [3.05, 3.63) is 34.2 Å². The molecule has 1 aliphatic rings. The standard InChI is InChI=1S/C11H13BrN2O3/c12-5-9-7-14(3-4-17-9)11(16)8-1-2-10(15)13-6-8/h1-2,6,9H,3-5,7H2,(H,13,15). The van der Waals surface area contributed by atoms with E-state index in [1.165, 1.54) is 12.3 Å². The minimum atomic E-state index is -0.207. The van der Waals surface area contributed by atoms with Gasteiger partial charge in [-0.05, 0) is 6.07 Å². The summed E-state index contributed by atoms with van der Waals surface area (Å²) in [5.74, 6) is -0.0736. The van der Waals surface area contributed by atoms with Crippen LogP contribution in [0, 0.1) is 0 Å². The third-order valence-electron chi connectivity index (χ3n) is 2.63. The molecule has 0 spiro atoms. The van der Waals surface area contributed by atoms with E-state index in [1.807, 2.05) is 0 Å². The highest BCUT2D eigenvalue weighted by atomic mass is 79.9. The van der Waals surface area contributed by atoms with Crippen LogP contribution in [-0.2, 0) is 4.74 Å². The van der Waals surface area contributed by atoms with Crippen LogP contribution in [0.5, 0.6) is 0 Å². The molecule has 0 radical (unpaired) electrons. The highest BCUT2D eigenvalue weighted by Gasteiger charge is 2.24. The molecular formula is C11H13BrN2O3. The largest absolute Gasteiger partial charge is 0.374 e. The normalized spacial score (nSPS) is 20.3. The van der Waals surface area contributed by atoms with E-state index in [0.717, 1.165) is 0 Å². The maximum atomic E-state index is 12.1. The summed E-state index contributed by atoms with van der Waals surface area (Å²) in [4.78, 5) is 27.3. The summed E-state index contributed by atoms with van der Waals surface area (Å²) in [6.07, 6.45) is 1.49. The Labute approximate surface area is 107 Å². The number of nitrogens with one attached hydrogen (secondary N) is 1. The number of pyridine rings is 1. The molecular weight excluding hydrogens is 288 g/mol. The maximum absolute atomic E-state index is 12.1. The molecule has 2 rings (SSSR count). The van der Waals surface area contributed by atoms with Crippen molar-refractivity contribution in [1.82, 2.24) is 9.88 Å². The fourth-order valence-corrected chi connectivity index (χ4v) is 2.11. The van der Waals surface area contributed by atoms with Crippen LogP contribution in [0.2, 0.25) is 0 Å². The first-order valence-electron chi connectivity index (χ1n) is 5.36. The summed E-state index contributed by atoms with van der Waals surface area (Å²) < 4.78 is 5.46. The lowest BCUT2D eigenvalue weighted by Gasteiger charge is -2.32. The van der Waals surface area contributed by atoms with Crippen LogP contribution in [-0.4, -0.2) is 46.9 Å². The molecule has 1 saturated heterocycles. The van der Waals surface area contributed by atoms with Crippen LogP contribution in [0.4, 0.5) is 0 Å². The first kappa shape index (κ1) is 12.3. The number of hydrogen-bond donors (Lipinski definition) is 1. The van der Waals surface area contributed by atoms with Crippen LogP contribution < -0.4 is 5.56 Å². The number of alkyl halides is 1. The molecule has 1 fully saturated rings. The molecule has 5 nitrogen and oxygen atoms in total. The van der Waals surface area contributed by atoms with E-state index in [0.29, 0.717) is 30.6 Å². The molecule has 1 unspecified atom stereocenters. The van der Waals surface area contributed by atoms with E-state index in [4.69, 9.17) is 4.74 Å². The van der Waals surface area contributed by atoms with Crippen molar-refractivity contribution in [2.75, 3.05) is 25.0 Å². The second-order valence-corrected chi connectivity index (χ2v) is 4.49. The molecule has 1 amide bonds. The van der Waals surface area contributed by atoms with Gasteiger partial charge >= 0.3 is 0 Å². The van der Waals surface area contributed by atoms with Crippen LogP contribution in [0.3, 0.4) is 0 Å². The average molecular weight is 301 g/mol. The van der Waals surface area contributed by atoms with Crippen molar-refractivity contribution in [2.45, 2.75) is 6.10 Å². The molecule has 1 aliphatic heterocycles. The third kappa shape index (κ3) is 2.95. The number of nitrogens with zero attached hydrogens (tertiary/aromatic N) is 1. The van der Waals surface area contributed by atoms with Gasteiger partial charge in [0.15, 0.2) is 0 Å². The molecule has 0 aromatic carbocycles. The number of amides is 1. The van der Waals surface area contributed by atoms with Crippen molar-refractivity contribution in [3.8, 4) is 0 Å². The third-order valence-corrected chi connectivity index (χ3v) is 3.35. The summed E-state index contributed by atoms with van der Waals surface area (Å²) in [5, 5.41) is 0.711. The van der Waals surface area contributed by atoms with Crippen LogP contribution in [0.25, 0.3) is 0 Å². The summed E-state index contributed by atoms with van der Waals surface area (Å²) in [5.41, 5.74) is 0.293. The Balaban J connectivity index is 2.09. The molecule has 0 aliphatic carbocycles. The molecule has 2 heterocycles.